The van der Waals surface area contributed by atoms with Gasteiger partial charge in [-0.25, -0.2) is 0 Å². The SMILES string of the molecule is CC1CCC(CNC(C)c2ccc(OC(F)(F)F)cc2)C1. The maximum absolute atomic E-state index is 12.1. The van der Waals surface area contributed by atoms with Gasteiger partial charge in [0, 0.05) is 6.04 Å². The highest BCUT2D eigenvalue weighted by Crippen LogP contribution is 2.30. The Kier molecular flexibility index (Phi) is 5.14. The lowest BCUT2D eigenvalue weighted by atomic mass is 10.0. The van der Waals surface area contributed by atoms with Gasteiger partial charge in [0.1, 0.15) is 5.75 Å². The van der Waals surface area contributed by atoms with Crippen LogP contribution in [-0.2, 0) is 0 Å². The Morgan fingerprint density at radius 1 is 1.24 bits per heavy atom. The monoisotopic (exact) mass is 301 g/mol. The molecule has 0 radical (unpaired) electrons. The Bertz CT molecular complexity index is 444. The number of benzene rings is 1. The predicted molar refractivity (Wildman–Crippen MR) is 76.0 cm³/mol. The van der Waals surface area contributed by atoms with Gasteiger partial charge in [0.2, 0.25) is 0 Å². The summed E-state index contributed by atoms with van der Waals surface area (Å²) >= 11 is 0. The van der Waals surface area contributed by atoms with E-state index in [9.17, 15) is 13.2 Å². The first kappa shape index (κ1) is 16.1. The summed E-state index contributed by atoms with van der Waals surface area (Å²) in [5, 5.41) is 3.47. The summed E-state index contributed by atoms with van der Waals surface area (Å²) in [5.74, 6) is 1.35. The van der Waals surface area contributed by atoms with E-state index in [1.165, 1.54) is 31.4 Å². The Balaban J connectivity index is 1.83. The fraction of sp³-hybridized carbons (Fsp3) is 0.625. The van der Waals surface area contributed by atoms with Crippen molar-refractivity contribution in [3.8, 4) is 5.75 Å². The van der Waals surface area contributed by atoms with Crippen molar-refractivity contribution in [1.82, 2.24) is 5.32 Å². The van der Waals surface area contributed by atoms with Crippen LogP contribution in [0.2, 0.25) is 0 Å². The highest BCUT2D eigenvalue weighted by Gasteiger charge is 2.31. The maximum atomic E-state index is 12.1. The summed E-state index contributed by atoms with van der Waals surface area (Å²) in [6, 6.07) is 6.20. The van der Waals surface area contributed by atoms with Crippen molar-refractivity contribution in [2.45, 2.75) is 45.5 Å². The first-order chi connectivity index (χ1) is 9.83. The molecule has 0 spiro atoms. The Morgan fingerprint density at radius 3 is 2.43 bits per heavy atom. The molecule has 0 amide bonds. The molecular formula is C16H22F3NO. The van der Waals surface area contributed by atoms with Crippen LogP contribution >= 0.6 is 0 Å². The first-order valence-corrected chi connectivity index (χ1v) is 7.42. The second-order valence-electron chi connectivity index (χ2n) is 6.03. The molecule has 0 bridgehead atoms. The van der Waals surface area contributed by atoms with Crippen LogP contribution in [0.15, 0.2) is 24.3 Å². The van der Waals surface area contributed by atoms with Gasteiger partial charge < -0.3 is 10.1 Å². The molecule has 0 heterocycles. The molecule has 1 saturated carbocycles. The molecule has 1 aromatic carbocycles. The minimum absolute atomic E-state index is 0.126. The first-order valence-electron chi connectivity index (χ1n) is 7.42. The summed E-state index contributed by atoms with van der Waals surface area (Å²) in [6.07, 6.45) is -0.813. The van der Waals surface area contributed by atoms with E-state index in [2.05, 4.69) is 17.0 Å². The third-order valence-corrected chi connectivity index (χ3v) is 4.13. The van der Waals surface area contributed by atoms with E-state index in [1.807, 2.05) is 6.92 Å². The molecule has 2 nitrogen and oxygen atoms in total. The number of halogens is 3. The average molecular weight is 301 g/mol. The summed E-state index contributed by atoms with van der Waals surface area (Å²) in [6.45, 7) is 5.27. The van der Waals surface area contributed by atoms with Crippen molar-refractivity contribution in [1.29, 1.82) is 0 Å². The van der Waals surface area contributed by atoms with E-state index < -0.39 is 6.36 Å². The molecule has 5 heteroatoms. The summed E-state index contributed by atoms with van der Waals surface area (Å²) < 4.78 is 40.1. The van der Waals surface area contributed by atoms with Crippen molar-refractivity contribution in [2.75, 3.05) is 6.54 Å². The topological polar surface area (TPSA) is 21.3 Å². The molecule has 0 saturated heterocycles. The fourth-order valence-corrected chi connectivity index (χ4v) is 2.93. The van der Waals surface area contributed by atoms with Gasteiger partial charge in [-0.1, -0.05) is 25.5 Å². The highest BCUT2D eigenvalue weighted by molar-refractivity contribution is 5.29. The van der Waals surface area contributed by atoms with Crippen LogP contribution < -0.4 is 10.1 Å². The van der Waals surface area contributed by atoms with E-state index in [1.54, 1.807) is 12.1 Å². The summed E-state index contributed by atoms with van der Waals surface area (Å²) in [7, 11) is 0. The van der Waals surface area contributed by atoms with E-state index in [4.69, 9.17) is 0 Å². The Hall–Kier alpha value is -1.23. The molecule has 1 N–H and O–H groups in total. The maximum Gasteiger partial charge on any atom is 0.573 e. The largest absolute Gasteiger partial charge is 0.573 e. The number of ether oxygens (including phenoxy) is 1. The van der Waals surface area contributed by atoms with E-state index in [0.29, 0.717) is 0 Å². The molecule has 0 aromatic heterocycles. The lowest BCUT2D eigenvalue weighted by molar-refractivity contribution is -0.274. The number of nitrogens with one attached hydrogen (secondary N) is 1. The van der Waals surface area contributed by atoms with Gasteiger partial charge in [0.05, 0.1) is 0 Å². The van der Waals surface area contributed by atoms with E-state index in [-0.39, 0.29) is 11.8 Å². The van der Waals surface area contributed by atoms with Gasteiger partial charge in [-0.2, -0.15) is 0 Å². The van der Waals surface area contributed by atoms with Crippen molar-refractivity contribution >= 4 is 0 Å². The molecule has 1 aliphatic rings. The Morgan fingerprint density at radius 2 is 1.90 bits per heavy atom. The average Bonchev–Trinajstić information content (AvgIpc) is 2.81. The summed E-state index contributed by atoms with van der Waals surface area (Å²) in [5.41, 5.74) is 0.968. The molecule has 2 rings (SSSR count). The number of hydrogen-bond donors (Lipinski definition) is 1. The van der Waals surface area contributed by atoms with Gasteiger partial charge in [0.25, 0.3) is 0 Å². The van der Waals surface area contributed by atoms with Gasteiger partial charge in [-0.3, -0.25) is 0 Å². The summed E-state index contributed by atoms with van der Waals surface area (Å²) in [4.78, 5) is 0. The van der Waals surface area contributed by atoms with Gasteiger partial charge in [-0.05, 0) is 55.8 Å². The molecule has 0 aliphatic heterocycles. The van der Waals surface area contributed by atoms with Crippen LogP contribution in [0.1, 0.15) is 44.7 Å². The second kappa shape index (κ2) is 6.69. The van der Waals surface area contributed by atoms with Crippen LogP contribution in [0.3, 0.4) is 0 Å². The highest BCUT2D eigenvalue weighted by atomic mass is 19.4. The van der Waals surface area contributed by atoms with Crippen LogP contribution in [0.4, 0.5) is 13.2 Å². The predicted octanol–water partition coefficient (Wildman–Crippen LogP) is 4.67. The zero-order chi connectivity index (χ0) is 15.5. The van der Waals surface area contributed by atoms with Crippen molar-refractivity contribution in [2.24, 2.45) is 11.8 Å². The van der Waals surface area contributed by atoms with Crippen molar-refractivity contribution in [3.05, 3.63) is 29.8 Å². The normalized spacial score (nSPS) is 24.0. The van der Waals surface area contributed by atoms with Gasteiger partial charge >= 0.3 is 6.36 Å². The van der Waals surface area contributed by atoms with Crippen LogP contribution in [0, 0.1) is 11.8 Å². The fourth-order valence-electron chi connectivity index (χ4n) is 2.93. The third-order valence-electron chi connectivity index (χ3n) is 4.13. The van der Waals surface area contributed by atoms with Gasteiger partial charge in [0.15, 0.2) is 0 Å². The zero-order valence-corrected chi connectivity index (χ0v) is 12.4. The lowest BCUT2D eigenvalue weighted by Crippen LogP contribution is -2.24. The molecule has 1 aromatic rings. The minimum atomic E-state index is -4.63. The van der Waals surface area contributed by atoms with Crippen LogP contribution in [-0.4, -0.2) is 12.9 Å². The molecular weight excluding hydrogens is 279 g/mol. The smallest absolute Gasteiger partial charge is 0.406 e. The van der Waals surface area contributed by atoms with Crippen LogP contribution in [0.25, 0.3) is 0 Å². The molecule has 1 fully saturated rings. The number of hydrogen-bond acceptors (Lipinski definition) is 2. The lowest BCUT2D eigenvalue weighted by Gasteiger charge is -2.18. The van der Waals surface area contributed by atoms with Crippen molar-refractivity contribution < 1.29 is 17.9 Å². The molecule has 1 aliphatic carbocycles. The molecule has 21 heavy (non-hydrogen) atoms. The molecule has 3 unspecified atom stereocenters. The quantitative estimate of drug-likeness (QED) is 0.853. The molecule has 118 valence electrons. The van der Waals surface area contributed by atoms with Crippen LogP contribution in [0.5, 0.6) is 5.75 Å². The van der Waals surface area contributed by atoms with Gasteiger partial charge in [-0.15, -0.1) is 13.2 Å². The van der Waals surface area contributed by atoms with Crippen molar-refractivity contribution in [3.63, 3.8) is 0 Å². The minimum Gasteiger partial charge on any atom is -0.406 e. The number of alkyl halides is 3. The standard InChI is InChI=1S/C16H22F3NO/c1-11-3-4-13(9-11)10-20-12(2)14-5-7-15(8-6-14)21-16(17,18)19/h5-8,11-13,20H,3-4,9-10H2,1-2H3. The number of rotatable bonds is 5. The third kappa shape index (κ3) is 5.23. The molecule has 3 atom stereocenters. The Labute approximate surface area is 123 Å². The zero-order valence-electron chi connectivity index (χ0n) is 12.4. The second-order valence-corrected chi connectivity index (χ2v) is 6.03. The van der Waals surface area contributed by atoms with E-state index in [0.717, 1.165) is 23.9 Å². The van der Waals surface area contributed by atoms with E-state index >= 15 is 0 Å².